The summed E-state index contributed by atoms with van der Waals surface area (Å²) in [7, 11) is 0. The van der Waals surface area contributed by atoms with E-state index in [1.165, 1.54) is 0 Å². The fraction of sp³-hybridized carbons (Fsp3) is 0.154. The van der Waals surface area contributed by atoms with Crippen molar-refractivity contribution in [2.45, 2.75) is 13.3 Å². The first-order valence-electron chi connectivity index (χ1n) is 5.94. The molecule has 0 radical (unpaired) electrons. The number of halogens is 1. The molecule has 3 heterocycles. The third-order valence-electron chi connectivity index (χ3n) is 3.04. The van der Waals surface area contributed by atoms with E-state index in [-0.39, 0.29) is 10.4 Å². The second kappa shape index (κ2) is 5.36. The minimum Gasteiger partial charge on any atom is -0.477 e. The Balaban J connectivity index is 2.10. The van der Waals surface area contributed by atoms with Gasteiger partial charge in [0.25, 0.3) is 5.56 Å². The molecule has 0 aliphatic heterocycles. The van der Waals surface area contributed by atoms with E-state index in [9.17, 15) is 9.59 Å². The van der Waals surface area contributed by atoms with Gasteiger partial charge in [-0.1, -0.05) is 0 Å². The van der Waals surface area contributed by atoms with Crippen LogP contribution in [0.15, 0.2) is 20.0 Å². The van der Waals surface area contributed by atoms with Crippen molar-refractivity contribution in [3.05, 3.63) is 47.4 Å². The first-order valence-corrected chi connectivity index (χ1v) is 8.43. The first-order chi connectivity index (χ1) is 9.95. The highest BCUT2D eigenvalue weighted by molar-refractivity contribution is 9.11. The van der Waals surface area contributed by atoms with Crippen LogP contribution in [-0.2, 0) is 6.42 Å². The van der Waals surface area contributed by atoms with Gasteiger partial charge in [0.1, 0.15) is 15.5 Å². The molecule has 0 atom stereocenters. The molecule has 2 N–H and O–H groups in total. The van der Waals surface area contributed by atoms with E-state index in [0.717, 1.165) is 20.7 Å². The number of aromatic carboxylic acids is 1. The predicted molar refractivity (Wildman–Crippen MR) is 86.8 cm³/mol. The largest absolute Gasteiger partial charge is 0.477 e. The summed E-state index contributed by atoms with van der Waals surface area (Å²) in [5.74, 6) is -0.491. The Morgan fingerprint density at radius 2 is 2.29 bits per heavy atom. The molecule has 0 saturated heterocycles. The molecule has 108 valence electrons. The standard InChI is InChI=1S/C13H9BrN2O3S2/c1-5-9-11(17)15-8(3-6-2-7(14)20-4-6)16-12(9)21-10(5)13(18)19/h2,4H,3H2,1H3,(H,18,19)(H,15,16,17). The smallest absolute Gasteiger partial charge is 0.346 e. The Kier molecular flexibility index (Phi) is 3.68. The number of nitrogens with zero attached hydrogens (tertiary/aromatic N) is 1. The van der Waals surface area contributed by atoms with E-state index in [4.69, 9.17) is 5.11 Å². The van der Waals surface area contributed by atoms with Gasteiger partial charge in [0, 0.05) is 6.42 Å². The number of H-pyrrole nitrogens is 1. The number of rotatable bonds is 3. The number of aromatic amines is 1. The highest BCUT2D eigenvalue weighted by Gasteiger charge is 2.18. The van der Waals surface area contributed by atoms with Gasteiger partial charge in [-0.15, -0.1) is 22.7 Å². The van der Waals surface area contributed by atoms with Crippen molar-refractivity contribution in [3.63, 3.8) is 0 Å². The highest BCUT2D eigenvalue weighted by atomic mass is 79.9. The van der Waals surface area contributed by atoms with Gasteiger partial charge in [-0.05, 0) is 45.4 Å². The number of hydrogen-bond acceptors (Lipinski definition) is 5. The summed E-state index contributed by atoms with van der Waals surface area (Å²) in [4.78, 5) is 31.1. The molecule has 8 heteroatoms. The number of carboxylic acids is 1. The normalized spacial score (nSPS) is 11.1. The summed E-state index contributed by atoms with van der Waals surface area (Å²) in [6.45, 7) is 1.63. The third kappa shape index (κ3) is 2.66. The van der Waals surface area contributed by atoms with Crippen LogP contribution in [0.2, 0.25) is 0 Å². The van der Waals surface area contributed by atoms with Crippen molar-refractivity contribution in [2.24, 2.45) is 0 Å². The van der Waals surface area contributed by atoms with E-state index < -0.39 is 5.97 Å². The van der Waals surface area contributed by atoms with Crippen LogP contribution in [-0.4, -0.2) is 21.0 Å². The second-order valence-electron chi connectivity index (χ2n) is 4.49. The minimum absolute atomic E-state index is 0.165. The number of aryl methyl sites for hydroxylation is 1. The SMILES string of the molecule is Cc1c(C(=O)O)sc2nc(Cc3csc(Br)c3)[nH]c(=O)c12. The average molecular weight is 385 g/mol. The van der Waals surface area contributed by atoms with E-state index >= 15 is 0 Å². The summed E-state index contributed by atoms with van der Waals surface area (Å²) in [6.07, 6.45) is 0.507. The quantitative estimate of drug-likeness (QED) is 0.724. The van der Waals surface area contributed by atoms with Crippen LogP contribution in [0.3, 0.4) is 0 Å². The van der Waals surface area contributed by atoms with Gasteiger partial charge in [0.15, 0.2) is 0 Å². The van der Waals surface area contributed by atoms with Crippen LogP contribution in [0.5, 0.6) is 0 Å². The second-order valence-corrected chi connectivity index (χ2v) is 7.78. The fourth-order valence-electron chi connectivity index (χ4n) is 2.11. The maximum atomic E-state index is 12.2. The molecular weight excluding hydrogens is 376 g/mol. The Morgan fingerprint density at radius 1 is 1.52 bits per heavy atom. The zero-order chi connectivity index (χ0) is 15.1. The van der Waals surface area contributed by atoms with Crippen molar-refractivity contribution in [3.8, 4) is 0 Å². The fourth-order valence-corrected chi connectivity index (χ4v) is 4.36. The van der Waals surface area contributed by atoms with Crippen molar-refractivity contribution in [1.29, 1.82) is 0 Å². The monoisotopic (exact) mass is 384 g/mol. The highest BCUT2D eigenvalue weighted by Crippen LogP contribution is 2.27. The van der Waals surface area contributed by atoms with Crippen molar-refractivity contribution in [1.82, 2.24) is 9.97 Å². The lowest BCUT2D eigenvalue weighted by Crippen LogP contribution is -2.11. The van der Waals surface area contributed by atoms with E-state index in [0.29, 0.717) is 28.0 Å². The number of carboxylic acid groups (broad SMARTS) is 1. The zero-order valence-corrected chi connectivity index (χ0v) is 14.0. The molecular formula is C13H9BrN2O3S2. The lowest BCUT2D eigenvalue weighted by molar-refractivity contribution is 0.0701. The summed E-state index contributed by atoms with van der Waals surface area (Å²) in [5, 5.41) is 11.5. The molecule has 0 bridgehead atoms. The van der Waals surface area contributed by atoms with Crippen molar-refractivity contribution in [2.75, 3.05) is 0 Å². The summed E-state index contributed by atoms with van der Waals surface area (Å²) >= 11 is 5.99. The number of carbonyl (C=O) groups is 1. The Hall–Kier alpha value is -1.51. The van der Waals surface area contributed by atoms with Crippen LogP contribution < -0.4 is 5.56 Å². The molecule has 0 spiro atoms. The molecule has 0 unspecified atom stereocenters. The maximum absolute atomic E-state index is 12.2. The Morgan fingerprint density at radius 3 is 2.90 bits per heavy atom. The molecule has 0 amide bonds. The van der Waals surface area contributed by atoms with Gasteiger partial charge in [0.2, 0.25) is 0 Å². The van der Waals surface area contributed by atoms with Crippen LogP contribution >= 0.6 is 38.6 Å². The summed E-state index contributed by atoms with van der Waals surface area (Å²) in [5.41, 5.74) is 1.23. The van der Waals surface area contributed by atoms with Gasteiger partial charge < -0.3 is 10.1 Å². The van der Waals surface area contributed by atoms with E-state index in [1.807, 2.05) is 11.4 Å². The molecule has 0 saturated carbocycles. The third-order valence-corrected chi connectivity index (χ3v) is 5.76. The molecule has 0 aromatic carbocycles. The zero-order valence-electron chi connectivity index (χ0n) is 10.8. The topological polar surface area (TPSA) is 83.0 Å². The van der Waals surface area contributed by atoms with Crippen LogP contribution in [0.1, 0.15) is 26.6 Å². The van der Waals surface area contributed by atoms with Crippen LogP contribution in [0.25, 0.3) is 10.2 Å². The average Bonchev–Trinajstić information content (AvgIpc) is 2.94. The molecule has 0 fully saturated rings. The van der Waals surface area contributed by atoms with Gasteiger partial charge in [-0.2, -0.15) is 0 Å². The predicted octanol–water partition coefficient (Wildman–Crippen LogP) is 3.41. The number of fused-ring (bicyclic) bond motifs is 1. The van der Waals surface area contributed by atoms with Gasteiger partial charge in [0.05, 0.1) is 9.17 Å². The number of aromatic nitrogens is 2. The minimum atomic E-state index is -1.03. The van der Waals surface area contributed by atoms with Crippen LogP contribution in [0.4, 0.5) is 0 Å². The molecule has 0 aliphatic carbocycles. The molecule has 5 nitrogen and oxygen atoms in total. The summed E-state index contributed by atoms with van der Waals surface area (Å²) in [6, 6.07) is 1.97. The van der Waals surface area contributed by atoms with E-state index in [1.54, 1.807) is 18.3 Å². The van der Waals surface area contributed by atoms with Crippen molar-refractivity contribution >= 4 is 54.8 Å². The van der Waals surface area contributed by atoms with Gasteiger partial charge in [-0.3, -0.25) is 4.79 Å². The van der Waals surface area contributed by atoms with E-state index in [2.05, 4.69) is 25.9 Å². The Labute approximate surface area is 135 Å². The number of thiophene rings is 2. The molecule has 21 heavy (non-hydrogen) atoms. The van der Waals surface area contributed by atoms with Gasteiger partial charge >= 0.3 is 5.97 Å². The number of hydrogen-bond donors (Lipinski definition) is 2. The molecule has 3 rings (SSSR count). The Bertz CT molecular complexity index is 910. The van der Waals surface area contributed by atoms with Gasteiger partial charge in [-0.25, -0.2) is 9.78 Å². The molecule has 3 aromatic heterocycles. The first kappa shape index (κ1) is 14.4. The lowest BCUT2D eigenvalue weighted by atomic mass is 10.2. The maximum Gasteiger partial charge on any atom is 0.346 e. The lowest BCUT2D eigenvalue weighted by Gasteiger charge is -1.99. The molecule has 3 aromatic rings. The summed E-state index contributed by atoms with van der Waals surface area (Å²) < 4.78 is 1.01. The van der Waals surface area contributed by atoms with Crippen LogP contribution in [0, 0.1) is 6.92 Å². The van der Waals surface area contributed by atoms with Crippen molar-refractivity contribution < 1.29 is 9.90 Å². The number of nitrogens with one attached hydrogen (secondary N) is 1. The molecule has 0 aliphatic rings.